The number of halogens is 1. The van der Waals surface area contributed by atoms with Gasteiger partial charge < -0.3 is 15.1 Å². The van der Waals surface area contributed by atoms with E-state index >= 15 is 0 Å². The Morgan fingerprint density at radius 3 is 2.35 bits per heavy atom. The molecule has 5 heteroatoms. The van der Waals surface area contributed by atoms with Crippen molar-refractivity contribution in [3.8, 4) is 0 Å². The lowest BCUT2D eigenvalue weighted by Gasteiger charge is -2.41. The molecule has 1 heterocycles. The van der Waals surface area contributed by atoms with Crippen molar-refractivity contribution in [1.29, 1.82) is 0 Å². The number of nitrogens with zero attached hydrogens (tertiary/aromatic N) is 1. The number of likely N-dealkylation sites (tertiary alicyclic amines) is 1. The molecular formula is C18H29FN3S+. The normalized spacial score (nSPS) is 21.5. The summed E-state index contributed by atoms with van der Waals surface area (Å²) in [4.78, 5) is 3.91. The molecule has 0 spiro atoms. The van der Waals surface area contributed by atoms with Gasteiger partial charge in [-0.1, -0.05) is 12.1 Å². The van der Waals surface area contributed by atoms with Crippen molar-refractivity contribution in [3.63, 3.8) is 0 Å². The molecule has 0 unspecified atom stereocenters. The van der Waals surface area contributed by atoms with Crippen LogP contribution in [0, 0.1) is 5.82 Å². The van der Waals surface area contributed by atoms with Crippen molar-refractivity contribution in [2.24, 2.45) is 0 Å². The SMILES string of the molecule is CC(C)N(C(=S)Nc1ccccc1F)C1CC[NH+](C(C)C)CC1. The molecule has 0 radical (unpaired) electrons. The van der Waals surface area contributed by atoms with E-state index in [0.717, 1.165) is 12.8 Å². The Balaban J connectivity index is 2.04. The Bertz CT molecular complexity index is 525. The number of nitrogens with one attached hydrogen (secondary N) is 2. The van der Waals surface area contributed by atoms with Crippen LogP contribution in [0.15, 0.2) is 24.3 Å². The van der Waals surface area contributed by atoms with E-state index in [1.165, 1.54) is 19.2 Å². The van der Waals surface area contributed by atoms with Crippen LogP contribution in [-0.2, 0) is 0 Å². The molecule has 2 rings (SSSR count). The number of hydrogen-bond donors (Lipinski definition) is 2. The highest BCUT2D eigenvalue weighted by Crippen LogP contribution is 2.18. The zero-order chi connectivity index (χ0) is 17.0. The van der Waals surface area contributed by atoms with Gasteiger partial charge in [0.15, 0.2) is 5.11 Å². The van der Waals surface area contributed by atoms with Crippen LogP contribution in [0.5, 0.6) is 0 Å². The van der Waals surface area contributed by atoms with Crippen LogP contribution in [0.1, 0.15) is 40.5 Å². The topological polar surface area (TPSA) is 19.7 Å². The fourth-order valence-corrected chi connectivity index (χ4v) is 3.86. The molecule has 0 bridgehead atoms. The largest absolute Gasteiger partial charge is 0.343 e. The molecule has 128 valence electrons. The van der Waals surface area contributed by atoms with Crippen molar-refractivity contribution in [2.45, 2.75) is 58.7 Å². The van der Waals surface area contributed by atoms with Crippen LogP contribution >= 0.6 is 12.2 Å². The number of rotatable bonds is 4. The van der Waals surface area contributed by atoms with E-state index in [2.05, 4.69) is 37.9 Å². The van der Waals surface area contributed by atoms with Crippen LogP contribution in [0.3, 0.4) is 0 Å². The van der Waals surface area contributed by atoms with Crippen molar-refractivity contribution in [1.82, 2.24) is 4.90 Å². The Morgan fingerprint density at radius 2 is 1.83 bits per heavy atom. The van der Waals surface area contributed by atoms with Gasteiger partial charge >= 0.3 is 0 Å². The first kappa shape index (κ1) is 18.1. The molecule has 1 aliphatic rings. The van der Waals surface area contributed by atoms with Gasteiger partial charge in [0.05, 0.1) is 24.8 Å². The van der Waals surface area contributed by atoms with Gasteiger partial charge in [-0.05, 0) is 52.0 Å². The fourth-order valence-electron chi connectivity index (χ4n) is 3.39. The second kappa shape index (κ2) is 8.06. The van der Waals surface area contributed by atoms with Crippen LogP contribution in [0.25, 0.3) is 0 Å². The van der Waals surface area contributed by atoms with E-state index in [1.54, 1.807) is 17.0 Å². The van der Waals surface area contributed by atoms with E-state index in [4.69, 9.17) is 12.2 Å². The lowest BCUT2D eigenvalue weighted by molar-refractivity contribution is -0.926. The molecular weight excluding hydrogens is 309 g/mol. The zero-order valence-corrected chi connectivity index (χ0v) is 15.4. The van der Waals surface area contributed by atoms with Gasteiger partial charge in [0, 0.05) is 24.9 Å². The molecule has 0 aromatic heterocycles. The first-order valence-corrected chi connectivity index (χ1v) is 8.99. The van der Waals surface area contributed by atoms with E-state index in [0.29, 0.717) is 28.9 Å². The number of hydrogen-bond acceptors (Lipinski definition) is 1. The van der Waals surface area contributed by atoms with Crippen LogP contribution in [-0.4, -0.2) is 41.2 Å². The van der Waals surface area contributed by atoms with Gasteiger partial charge in [-0.25, -0.2) is 4.39 Å². The average molecular weight is 339 g/mol. The van der Waals surface area contributed by atoms with Crippen LogP contribution in [0.4, 0.5) is 10.1 Å². The fraction of sp³-hybridized carbons (Fsp3) is 0.611. The van der Waals surface area contributed by atoms with Crippen molar-refractivity contribution in [2.75, 3.05) is 18.4 Å². The minimum atomic E-state index is -0.266. The summed E-state index contributed by atoms with van der Waals surface area (Å²) in [5.74, 6) is -0.266. The lowest BCUT2D eigenvalue weighted by Crippen LogP contribution is -3.16. The first-order valence-electron chi connectivity index (χ1n) is 8.58. The molecule has 0 atom stereocenters. The lowest BCUT2D eigenvalue weighted by atomic mass is 10.0. The third-order valence-corrected chi connectivity index (χ3v) is 5.03. The molecule has 3 nitrogen and oxygen atoms in total. The standard InChI is InChI=1S/C18H28FN3S/c1-13(2)21-11-9-15(10-12-21)22(14(3)4)18(23)20-17-8-6-5-7-16(17)19/h5-8,13-15H,9-12H2,1-4H3,(H,20,23)/p+1. The quantitative estimate of drug-likeness (QED) is 0.824. The summed E-state index contributed by atoms with van der Waals surface area (Å²) in [5.41, 5.74) is 0.452. The second-order valence-corrected chi connectivity index (χ2v) is 7.34. The number of piperidine rings is 1. The summed E-state index contributed by atoms with van der Waals surface area (Å²) < 4.78 is 13.9. The smallest absolute Gasteiger partial charge is 0.173 e. The third kappa shape index (κ3) is 4.64. The monoisotopic (exact) mass is 338 g/mol. The first-order chi connectivity index (χ1) is 10.9. The number of thiocarbonyl (C=S) groups is 1. The van der Waals surface area contributed by atoms with Crippen LogP contribution < -0.4 is 10.2 Å². The van der Waals surface area contributed by atoms with Gasteiger partial charge in [-0.2, -0.15) is 0 Å². The average Bonchev–Trinajstić information content (AvgIpc) is 2.50. The Morgan fingerprint density at radius 1 is 1.22 bits per heavy atom. The van der Waals surface area contributed by atoms with Crippen molar-refractivity contribution in [3.05, 3.63) is 30.1 Å². The van der Waals surface area contributed by atoms with Gasteiger partial charge in [0.2, 0.25) is 0 Å². The molecule has 1 aliphatic heterocycles. The minimum Gasteiger partial charge on any atom is -0.343 e. The van der Waals surface area contributed by atoms with Crippen molar-refractivity contribution < 1.29 is 9.29 Å². The maximum Gasteiger partial charge on any atom is 0.173 e. The van der Waals surface area contributed by atoms with Crippen LogP contribution in [0.2, 0.25) is 0 Å². The Kier molecular flexibility index (Phi) is 6.36. The molecule has 1 aromatic carbocycles. The molecule has 1 saturated heterocycles. The maximum absolute atomic E-state index is 13.9. The van der Waals surface area contributed by atoms with E-state index in [9.17, 15) is 4.39 Å². The summed E-state index contributed by atoms with van der Waals surface area (Å²) in [6.07, 6.45) is 2.26. The maximum atomic E-state index is 13.9. The molecule has 1 fully saturated rings. The zero-order valence-electron chi connectivity index (χ0n) is 14.6. The number of anilines is 1. The predicted octanol–water partition coefficient (Wildman–Crippen LogP) is 2.69. The summed E-state index contributed by atoms with van der Waals surface area (Å²) in [6, 6.07) is 8.09. The molecule has 23 heavy (non-hydrogen) atoms. The Labute approximate surface area is 144 Å². The molecule has 1 aromatic rings. The summed E-state index contributed by atoms with van der Waals surface area (Å²) in [7, 11) is 0. The second-order valence-electron chi connectivity index (χ2n) is 6.96. The summed E-state index contributed by atoms with van der Waals surface area (Å²) in [6.45, 7) is 11.2. The number of benzene rings is 1. The van der Waals surface area contributed by atoms with E-state index in [-0.39, 0.29) is 5.82 Å². The highest BCUT2D eigenvalue weighted by Gasteiger charge is 2.31. The molecule has 0 aliphatic carbocycles. The highest BCUT2D eigenvalue weighted by atomic mass is 32.1. The summed E-state index contributed by atoms with van der Waals surface area (Å²) in [5, 5.41) is 3.73. The molecule has 0 saturated carbocycles. The van der Waals surface area contributed by atoms with Gasteiger partial charge in [0.1, 0.15) is 5.82 Å². The van der Waals surface area contributed by atoms with E-state index in [1.807, 2.05) is 6.07 Å². The highest BCUT2D eigenvalue weighted by molar-refractivity contribution is 7.80. The Hall–Kier alpha value is -1.20. The third-order valence-electron chi connectivity index (χ3n) is 4.71. The summed E-state index contributed by atoms with van der Waals surface area (Å²) >= 11 is 5.60. The predicted molar refractivity (Wildman–Crippen MR) is 98.5 cm³/mol. The molecule has 2 N–H and O–H groups in total. The van der Waals surface area contributed by atoms with Crippen molar-refractivity contribution >= 4 is 23.0 Å². The minimum absolute atomic E-state index is 0.266. The molecule has 0 amide bonds. The number of para-hydroxylation sites is 1. The number of quaternary nitrogens is 1. The van der Waals surface area contributed by atoms with Gasteiger partial charge in [0.25, 0.3) is 0 Å². The van der Waals surface area contributed by atoms with Gasteiger partial charge in [-0.15, -0.1) is 0 Å². The van der Waals surface area contributed by atoms with Gasteiger partial charge in [-0.3, -0.25) is 0 Å². The van der Waals surface area contributed by atoms with E-state index < -0.39 is 0 Å².